The number of hydrogen-bond acceptors (Lipinski definition) is 8. The van der Waals surface area contributed by atoms with Crippen LogP contribution in [0.5, 0.6) is 0 Å². The summed E-state index contributed by atoms with van der Waals surface area (Å²) in [6.45, 7) is 0.635. The van der Waals surface area contributed by atoms with Crippen LogP contribution in [0.1, 0.15) is 68.7 Å². The van der Waals surface area contributed by atoms with Gasteiger partial charge in [0, 0.05) is 23.3 Å². The normalized spacial score (nSPS) is 26.6. The quantitative estimate of drug-likeness (QED) is 0.442. The smallest absolute Gasteiger partial charge is 0.320 e. The summed E-state index contributed by atoms with van der Waals surface area (Å²) in [5.74, 6) is 1.13. The Hall–Kier alpha value is -2.81. The van der Waals surface area contributed by atoms with Gasteiger partial charge in [0.15, 0.2) is 6.29 Å². The van der Waals surface area contributed by atoms with E-state index in [1.54, 1.807) is 6.20 Å². The van der Waals surface area contributed by atoms with E-state index in [0.29, 0.717) is 25.0 Å². The molecule has 8 nitrogen and oxygen atoms in total. The molecule has 2 aliphatic heterocycles. The van der Waals surface area contributed by atoms with Crippen molar-refractivity contribution in [2.45, 2.75) is 74.6 Å². The van der Waals surface area contributed by atoms with E-state index in [9.17, 15) is 10.2 Å². The Morgan fingerprint density at radius 1 is 1.00 bits per heavy atom. The molecule has 2 bridgehead atoms. The summed E-state index contributed by atoms with van der Waals surface area (Å²) in [6, 6.07) is 13.0. The molecule has 3 aromatic rings. The zero-order valence-corrected chi connectivity index (χ0v) is 19.1. The van der Waals surface area contributed by atoms with E-state index in [1.165, 1.54) is 12.0 Å². The first-order valence-electron chi connectivity index (χ1n) is 12.2. The fraction of sp³-hybridized carbons (Fsp3) is 0.500. The molecule has 0 radical (unpaired) electrons. The van der Waals surface area contributed by atoms with Gasteiger partial charge in [-0.05, 0) is 56.2 Å². The molecular weight excluding hydrogens is 432 g/mol. The molecule has 3 N–H and O–H groups in total. The zero-order chi connectivity index (χ0) is 23.2. The van der Waals surface area contributed by atoms with E-state index in [0.717, 1.165) is 61.4 Å². The molecule has 0 spiro atoms. The van der Waals surface area contributed by atoms with Crippen molar-refractivity contribution in [3.63, 3.8) is 0 Å². The van der Waals surface area contributed by atoms with E-state index < -0.39 is 6.29 Å². The summed E-state index contributed by atoms with van der Waals surface area (Å²) < 4.78 is 11.9. The number of aromatic nitrogens is 3. The number of aliphatic hydroxyl groups excluding tert-OH is 1. The lowest BCUT2D eigenvalue weighted by atomic mass is 9.62. The number of nitrogens with one attached hydrogen (secondary N) is 1. The van der Waals surface area contributed by atoms with E-state index in [-0.39, 0.29) is 11.0 Å². The highest BCUT2D eigenvalue weighted by atomic mass is 16.5. The Kier molecular flexibility index (Phi) is 5.39. The Labute approximate surface area is 198 Å². The van der Waals surface area contributed by atoms with Gasteiger partial charge in [0.2, 0.25) is 5.89 Å². The van der Waals surface area contributed by atoms with Crippen molar-refractivity contribution in [2.24, 2.45) is 0 Å². The third-order valence-corrected chi connectivity index (χ3v) is 8.03. The number of benzene rings is 1. The van der Waals surface area contributed by atoms with Crippen LogP contribution < -0.4 is 5.32 Å². The largest absolute Gasteiger partial charge is 0.408 e. The van der Waals surface area contributed by atoms with Gasteiger partial charge in [-0.2, -0.15) is 0 Å². The molecule has 4 aliphatic rings. The molecule has 2 saturated carbocycles. The second-order valence-electron chi connectivity index (χ2n) is 10.1. The lowest BCUT2D eigenvalue weighted by Gasteiger charge is -2.53. The van der Waals surface area contributed by atoms with Gasteiger partial charge >= 0.3 is 6.01 Å². The summed E-state index contributed by atoms with van der Waals surface area (Å²) in [7, 11) is 0. The predicted octanol–water partition coefficient (Wildman–Crippen LogP) is 4.42. The van der Waals surface area contributed by atoms with Gasteiger partial charge in [0.05, 0.1) is 29.8 Å². The maximum absolute atomic E-state index is 9.42. The van der Waals surface area contributed by atoms with Gasteiger partial charge in [-0.15, -0.1) is 5.10 Å². The monoisotopic (exact) mass is 462 g/mol. The molecule has 2 saturated heterocycles. The Morgan fingerprint density at radius 3 is 2.38 bits per heavy atom. The summed E-state index contributed by atoms with van der Waals surface area (Å²) in [5.41, 5.74) is 3.70. The number of ether oxygens (including phenoxy) is 1. The van der Waals surface area contributed by atoms with Crippen molar-refractivity contribution in [1.82, 2.24) is 15.2 Å². The number of fused-ring (bicyclic) bond motifs is 3. The average Bonchev–Trinajstić information content (AvgIpc) is 3.27. The number of anilines is 2. The third-order valence-electron chi connectivity index (χ3n) is 8.03. The van der Waals surface area contributed by atoms with Gasteiger partial charge in [-0.25, -0.2) is 0 Å². The van der Waals surface area contributed by atoms with Crippen LogP contribution in [-0.2, 0) is 10.2 Å². The molecule has 2 aromatic heterocycles. The van der Waals surface area contributed by atoms with Crippen LogP contribution in [0.4, 0.5) is 11.7 Å². The SMILES string of the molecule is OC(O)CC12CCC(c3ccc(-c4ccc(Nc5nnc(C6CCC6)o5)cn4)cc3)(CC1)CO2. The van der Waals surface area contributed by atoms with Gasteiger partial charge in [0.25, 0.3) is 0 Å². The first-order chi connectivity index (χ1) is 16.5. The molecule has 7 rings (SSSR count). The van der Waals surface area contributed by atoms with Crippen LogP contribution in [0.15, 0.2) is 47.0 Å². The van der Waals surface area contributed by atoms with Gasteiger partial charge in [-0.1, -0.05) is 35.8 Å². The zero-order valence-electron chi connectivity index (χ0n) is 19.1. The molecule has 8 heteroatoms. The van der Waals surface area contributed by atoms with Crippen molar-refractivity contribution in [3.05, 3.63) is 54.0 Å². The molecule has 0 amide bonds. The number of hydrogen-bond donors (Lipinski definition) is 3. The topological polar surface area (TPSA) is 114 Å². The number of pyridine rings is 1. The molecule has 0 atom stereocenters. The summed E-state index contributed by atoms with van der Waals surface area (Å²) in [6.07, 6.45) is 8.00. The molecule has 2 aliphatic carbocycles. The van der Waals surface area contributed by atoms with Crippen molar-refractivity contribution in [2.75, 3.05) is 11.9 Å². The van der Waals surface area contributed by atoms with Crippen LogP contribution in [0.3, 0.4) is 0 Å². The molecule has 4 heterocycles. The fourth-order valence-electron chi connectivity index (χ4n) is 5.59. The van der Waals surface area contributed by atoms with Gasteiger partial charge in [0.1, 0.15) is 0 Å². The predicted molar refractivity (Wildman–Crippen MR) is 126 cm³/mol. The molecule has 4 fully saturated rings. The first kappa shape index (κ1) is 21.7. The Bertz CT molecular complexity index is 1110. The lowest BCUT2D eigenvalue weighted by Crippen LogP contribution is -2.54. The molecule has 0 unspecified atom stereocenters. The summed E-state index contributed by atoms with van der Waals surface area (Å²) in [4.78, 5) is 4.61. The average molecular weight is 463 g/mol. The van der Waals surface area contributed by atoms with Crippen molar-refractivity contribution in [3.8, 4) is 11.3 Å². The van der Waals surface area contributed by atoms with E-state index in [2.05, 4.69) is 44.8 Å². The molecular formula is C26H30N4O4. The molecule has 1 aromatic carbocycles. The molecule has 34 heavy (non-hydrogen) atoms. The van der Waals surface area contributed by atoms with Crippen LogP contribution in [0, 0.1) is 0 Å². The fourth-order valence-corrected chi connectivity index (χ4v) is 5.59. The minimum Gasteiger partial charge on any atom is -0.408 e. The minimum atomic E-state index is -1.31. The van der Waals surface area contributed by atoms with Crippen LogP contribution in [0.25, 0.3) is 11.3 Å². The van der Waals surface area contributed by atoms with Crippen molar-refractivity contribution < 1.29 is 19.4 Å². The minimum absolute atomic E-state index is 0.0182. The van der Waals surface area contributed by atoms with Crippen molar-refractivity contribution in [1.29, 1.82) is 0 Å². The van der Waals surface area contributed by atoms with Crippen LogP contribution in [-0.4, -0.2) is 43.9 Å². The van der Waals surface area contributed by atoms with E-state index in [1.807, 2.05) is 12.1 Å². The first-order valence-corrected chi connectivity index (χ1v) is 12.2. The van der Waals surface area contributed by atoms with Gasteiger partial charge < -0.3 is 24.7 Å². The lowest BCUT2D eigenvalue weighted by molar-refractivity contribution is -0.194. The number of nitrogens with zero attached hydrogens (tertiary/aromatic N) is 3. The third kappa shape index (κ3) is 4.00. The maximum Gasteiger partial charge on any atom is 0.320 e. The standard InChI is InChI=1S/C26H30N4O4/c31-22(32)14-26-12-10-25(11-13-26,16-33-26)19-6-4-17(5-7-19)21-9-8-20(15-27-21)28-24-30-29-23(34-24)18-2-1-3-18/h4-9,15,18,22,31-32H,1-3,10-14,16H2,(H,28,30). The van der Waals surface area contributed by atoms with Crippen LogP contribution >= 0.6 is 0 Å². The summed E-state index contributed by atoms with van der Waals surface area (Å²) >= 11 is 0. The highest BCUT2D eigenvalue weighted by molar-refractivity contribution is 5.63. The second kappa shape index (κ2) is 8.45. The van der Waals surface area contributed by atoms with Crippen LogP contribution in [0.2, 0.25) is 0 Å². The second-order valence-corrected chi connectivity index (χ2v) is 10.1. The molecule has 178 valence electrons. The van der Waals surface area contributed by atoms with Gasteiger partial charge in [-0.3, -0.25) is 4.98 Å². The summed E-state index contributed by atoms with van der Waals surface area (Å²) in [5, 5.41) is 30.2. The number of rotatable bonds is 7. The maximum atomic E-state index is 9.42. The van der Waals surface area contributed by atoms with Crippen molar-refractivity contribution >= 4 is 11.7 Å². The van der Waals surface area contributed by atoms with E-state index >= 15 is 0 Å². The highest BCUT2D eigenvalue weighted by Crippen LogP contribution is 2.52. The number of aliphatic hydroxyl groups is 2. The Balaban J connectivity index is 1.11. The highest BCUT2D eigenvalue weighted by Gasteiger charge is 2.50. The Morgan fingerprint density at radius 2 is 1.79 bits per heavy atom. The van der Waals surface area contributed by atoms with E-state index in [4.69, 9.17) is 9.15 Å².